The fourth-order valence-electron chi connectivity index (χ4n) is 12.3. The molecular formula is C67H48F3N3O7S. The van der Waals surface area contributed by atoms with Crippen LogP contribution in [0.3, 0.4) is 0 Å². The number of anilines is 2. The molecule has 1 fully saturated rings. The highest BCUT2D eigenvalue weighted by Gasteiger charge is 2.51. The van der Waals surface area contributed by atoms with Crippen molar-refractivity contribution >= 4 is 106 Å². The predicted octanol–water partition coefficient (Wildman–Crippen LogP) is 13.9. The molecule has 0 amide bonds. The van der Waals surface area contributed by atoms with Gasteiger partial charge < -0.3 is 19.3 Å². The van der Waals surface area contributed by atoms with E-state index >= 15 is 4.39 Å². The number of fused-ring (bicyclic) bond motifs is 4. The fraction of sp³-hybridized carbons (Fsp3) is 0.134. The molecule has 0 radical (unpaired) electrons. The number of carbonyl (C=O) groups is 2. The zero-order valence-electron chi connectivity index (χ0n) is 43.1. The van der Waals surface area contributed by atoms with Crippen molar-refractivity contribution in [3.05, 3.63) is 239 Å². The second-order valence-electron chi connectivity index (χ2n) is 20.4. The molecule has 1 N–H and O–H groups in total. The minimum Gasteiger partial charge on any atom is -0.743 e. The summed E-state index contributed by atoms with van der Waals surface area (Å²) >= 11 is 0. The Kier molecular flexibility index (Phi) is 13.6. The Hall–Kier alpha value is -9.42. The molecule has 81 heavy (non-hydrogen) atoms. The highest BCUT2D eigenvalue weighted by atomic mass is 32.2. The van der Waals surface area contributed by atoms with E-state index < -0.39 is 57.5 Å². The number of halogens is 3. The van der Waals surface area contributed by atoms with Crippen LogP contribution in [0.1, 0.15) is 57.7 Å². The molecule has 1 aliphatic carbocycles. The lowest BCUT2D eigenvalue weighted by atomic mass is 9.77. The Morgan fingerprint density at radius 3 is 2.07 bits per heavy atom. The maximum absolute atomic E-state index is 15.1. The predicted molar refractivity (Wildman–Crippen MR) is 308 cm³/mol. The normalized spacial score (nSPS) is 16.8. The average Bonchev–Trinajstić information content (AvgIpc) is 3.96. The van der Waals surface area contributed by atoms with E-state index in [-0.39, 0.29) is 18.2 Å². The number of carboxylic acids is 1. The van der Waals surface area contributed by atoms with Crippen molar-refractivity contribution in [2.75, 3.05) is 11.5 Å². The molecule has 9 aromatic carbocycles. The summed E-state index contributed by atoms with van der Waals surface area (Å²) in [5, 5.41) is 21.6. The van der Waals surface area contributed by atoms with Gasteiger partial charge in [-0.2, -0.15) is 18.6 Å². The van der Waals surface area contributed by atoms with Crippen molar-refractivity contribution in [3.63, 3.8) is 0 Å². The molecule has 10 nitrogen and oxygen atoms in total. The van der Waals surface area contributed by atoms with Crippen LogP contribution in [0.2, 0.25) is 0 Å². The maximum Gasteiger partial charge on any atom is 0.370 e. The smallest absolute Gasteiger partial charge is 0.370 e. The van der Waals surface area contributed by atoms with Crippen LogP contribution in [-0.4, -0.2) is 54.1 Å². The number of esters is 1. The fourth-order valence-corrected chi connectivity index (χ4v) is 12.6. The minimum atomic E-state index is -6.49. The minimum absolute atomic E-state index is 0.217. The monoisotopic (exact) mass is 1100 g/mol. The number of nitriles is 1. The van der Waals surface area contributed by atoms with Gasteiger partial charge in [-0.05, 0) is 138 Å². The first kappa shape index (κ1) is 52.3. The van der Waals surface area contributed by atoms with Gasteiger partial charge in [-0.1, -0.05) is 158 Å². The van der Waals surface area contributed by atoms with Gasteiger partial charge in [0.15, 0.2) is 16.3 Å². The molecular weight excluding hydrogens is 1050 g/mol. The topological polar surface area (TPSA) is 152 Å². The van der Waals surface area contributed by atoms with Gasteiger partial charge >= 0.3 is 17.2 Å². The second kappa shape index (κ2) is 21.0. The highest BCUT2D eigenvalue weighted by molar-refractivity contribution is 7.86. The summed E-state index contributed by atoms with van der Waals surface area (Å²) in [4.78, 5) is 28.5. The summed E-state index contributed by atoms with van der Waals surface area (Å²) in [6.45, 7) is -2.03. The SMILES string of the molecule is N#C/C(C(=O)OCC(F)C(F)(F)S(=O)(=O)[O-])=C(/c1ccc2ccc3cccc4ccc1c2c34)C1CCC2C1c1cc(/C=C/c3cc[n+](CC(=O)O)c4ccccc34)ccc1N2c1ccc(C=C(c2ccccc2)c2ccccc2)cc1. The lowest BCUT2D eigenvalue weighted by Crippen LogP contribution is -2.41. The number of nitrogens with zero attached hydrogens (tertiary/aromatic N) is 3. The third-order valence-corrected chi connectivity index (χ3v) is 16.8. The first-order valence-electron chi connectivity index (χ1n) is 26.3. The summed E-state index contributed by atoms with van der Waals surface area (Å²) in [7, 11) is -6.49. The number of benzene rings is 9. The van der Waals surface area contributed by atoms with E-state index in [4.69, 9.17) is 4.74 Å². The molecule has 2 heterocycles. The standard InChI is InChI=1S/C67H48F3N3O7S/c68-60(67(69,70)81(77,78)79)40-80-66(76)56(38-71)64(52-30-26-48-24-23-46-14-9-15-47-25-29-51(52)63(48)62(46)47)53-31-33-59-65(53)55-37-41(18-22-45-34-35-72(39-61(74)75)57-17-8-7-16-50(45)57)21-32-58(55)73(59)49-27-19-42(20-28-49)36-54(43-10-3-1-4-11-43)44-12-5-2-6-13-44/h1-30,32,34-37,53,59-60,65H,31,33,39-40H2,(H-,74,75,77,78,79)/b64-56+. The molecule has 12 rings (SSSR count). The largest absolute Gasteiger partial charge is 0.743 e. The third kappa shape index (κ3) is 9.54. The summed E-state index contributed by atoms with van der Waals surface area (Å²) in [5.74, 6) is -3.49. The number of para-hydroxylation sites is 1. The van der Waals surface area contributed by atoms with Crippen LogP contribution in [0.15, 0.2) is 200 Å². The van der Waals surface area contributed by atoms with Crippen molar-refractivity contribution in [2.45, 2.75) is 42.8 Å². The van der Waals surface area contributed by atoms with Gasteiger partial charge in [-0.15, -0.1) is 0 Å². The van der Waals surface area contributed by atoms with Gasteiger partial charge in [-0.3, -0.25) is 0 Å². The van der Waals surface area contributed by atoms with Crippen molar-refractivity contribution in [1.82, 2.24) is 0 Å². The molecule has 0 spiro atoms. The Labute approximate surface area is 464 Å². The molecule has 4 unspecified atom stereocenters. The van der Waals surface area contributed by atoms with Gasteiger partial charge in [0.25, 0.3) is 0 Å². The quantitative estimate of drug-likeness (QED) is 0.0201. The van der Waals surface area contributed by atoms with Crippen molar-refractivity contribution in [1.29, 1.82) is 5.26 Å². The van der Waals surface area contributed by atoms with Crippen LogP contribution < -0.4 is 9.47 Å². The summed E-state index contributed by atoms with van der Waals surface area (Å²) < 4.78 is 85.1. The van der Waals surface area contributed by atoms with E-state index in [1.165, 1.54) is 0 Å². The lowest BCUT2D eigenvalue weighted by Gasteiger charge is -2.28. The Bertz CT molecular complexity index is 4330. The molecule has 14 heteroatoms. The number of aromatic nitrogens is 1. The number of pyridine rings is 1. The van der Waals surface area contributed by atoms with Gasteiger partial charge in [0.2, 0.25) is 18.2 Å². The number of ether oxygens (including phenoxy) is 1. The third-order valence-electron chi connectivity index (χ3n) is 15.8. The summed E-state index contributed by atoms with van der Waals surface area (Å²) in [6.07, 6.45) is 5.10. The first-order valence-corrected chi connectivity index (χ1v) is 27.7. The molecule has 1 aliphatic heterocycles. The number of carbonyl (C=O) groups excluding carboxylic acids is 1. The van der Waals surface area contributed by atoms with E-state index in [0.29, 0.717) is 23.8 Å². The Morgan fingerprint density at radius 2 is 1.40 bits per heavy atom. The van der Waals surface area contributed by atoms with E-state index in [1.807, 2.05) is 146 Å². The lowest BCUT2D eigenvalue weighted by molar-refractivity contribution is -0.660. The van der Waals surface area contributed by atoms with Gasteiger partial charge in [-0.25, -0.2) is 22.4 Å². The molecule has 0 bridgehead atoms. The molecule has 400 valence electrons. The number of aliphatic carboxylic acids is 1. The van der Waals surface area contributed by atoms with Crippen LogP contribution in [0.5, 0.6) is 0 Å². The Balaban J connectivity index is 1.01. The number of rotatable bonds is 15. The second-order valence-corrected chi connectivity index (χ2v) is 21.9. The molecule has 10 aromatic rings. The molecule has 4 atom stereocenters. The Morgan fingerprint density at radius 1 is 0.753 bits per heavy atom. The van der Waals surface area contributed by atoms with Crippen molar-refractivity contribution in [2.24, 2.45) is 5.92 Å². The zero-order valence-corrected chi connectivity index (χ0v) is 43.9. The molecule has 2 aliphatic rings. The number of alkyl halides is 3. The number of hydrogen-bond acceptors (Lipinski definition) is 8. The van der Waals surface area contributed by atoms with Gasteiger partial charge in [0.1, 0.15) is 18.2 Å². The van der Waals surface area contributed by atoms with Crippen molar-refractivity contribution < 1.29 is 50.1 Å². The summed E-state index contributed by atoms with van der Waals surface area (Å²) in [5.41, 5.74) is 9.35. The van der Waals surface area contributed by atoms with Crippen LogP contribution in [-0.2, 0) is 31.0 Å². The molecule has 1 saturated carbocycles. The van der Waals surface area contributed by atoms with Crippen LogP contribution >= 0.6 is 0 Å². The van der Waals surface area contributed by atoms with Gasteiger partial charge in [0, 0.05) is 35.5 Å². The number of hydrogen-bond donors (Lipinski definition) is 1. The molecule has 1 aromatic heterocycles. The van der Waals surface area contributed by atoms with Gasteiger partial charge in [0.05, 0.1) is 5.39 Å². The van der Waals surface area contributed by atoms with E-state index in [9.17, 15) is 41.7 Å². The van der Waals surface area contributed by atoms with E-state index in [2.05, 4.69) is 71.6 Å². The van der Waals surface area contributed by atoms with Crippen LogP contribution in [0, 0.1) is 17.2 Å². The van der Waals surface area contributed by atoms with Crippen LogP contribution in [0.25, 0.3) is 72.6 Å². The van der Waals surface area contributed by atoms with E-state index in [1.54, 1.807) is 10.8 Å². The maximum atomic E-state index is 15.1. The van der Waals surface area contributed by atoms with Crippen molar-refractivity contribution in [3.8, 4) is 6.07 Å². The highest BCUT2D eigenvalue weighted by Crippen LogP contribution is 2.59. The number of allylic oxidation sites excluding steroid dienone is 1. The van der Waals surface area contributed by atoms with Crippen LogP contribution in [0.4, 0.5) is 24.5 Å². The zero-order chi connectivity index (χ0) is 56.2. The molecule has 0 saturated heterocycles. The first-order chi connectivity index (χ1) is 39.2. The van der Waals surface area contributed by atoms with E-state index in [0.717, 1.165) is 88.2 Å². The summed E-state index contributed by atoms with van der Waals surface area (Å²) in [6, 6.07) is 63.5. The number of carboxylic acid groups (broad SMARTS) is 1. The average molecular weight is 1100 g/mol.